The van der Waals surface area contributed by atoms with E-state index in [2.05, 4.69) is 11.6 Å². The number of carbonyl (C=O) groups is 1. The van der Waals surface area contributed by atoms with Crippen LogP contribution in [0.3, 0.4) is 0 Å². The maximum atomic E-state index is 11.9. The second-order valence-electron chi connectivity index (χ2n) is 2.10. The van der Waals surface area contributed by atoms with Crippen molar-refractivity contribution in [1.29, 1.82) is 0 Å². The molecule has 0 bridgehead atoms. The van der Waals surface area contributed by atoms with E-state index in [1.165, 1.54) is 0 Å². The minimum absolute atomic E-state index is 0.328. The normalized spacial score (nSPS) is 14.5. The molecule has 0 aromatic heterocycles. The van der Waals surface area contributed by atoms with Crippen molar-refractivity contribution in [3.8, 4) is 0 Å². The Labute approximate surface area is 67.1 Å². The fraction of sp³-hybridized carbons (Fsp3) is 0.800. The SMILES string of the molecule is NC(CCC(F)(F)Cl)C(=O)O. The average Bonchev–Trinajstić information content (AvgIpc) is 1.80. The van der Waals surface area contributed by atoms with Crippen LogP contribution in [0, 0.1) is 0 Å². The maximum absolute atomic E-state index is 11.9. The molecule has 0 heterocycles. The fourth-order valence-electron chi connectivity index (χ4n) is 0.443. The molecule has 0 saturated carbocycles. The smallest absolute Gasteiger partial charge is 0.321 e. The van der Waals surface area contributed by atoms with Crippen LogP contribution in [0.25, 0.3) is 0 Å². The molecule has 3 nitrogen and oxygen atoms in total. The third-order valence-corrected chi connectivity index (χ3v) is 1.24. The molecule has 0 fully saturated rings. The van der Waals surface area contributed by atoms with E-state index >= 15 is 0 Å². The molecule has 0 saturated heterocycles. The lowest BCUT2D eigenvalue weighted by atomic mass is 10.2. The fourth-order valence-corrected chi connectivity index (χ4v) is 0.552. The van der Waals surface area contributed by atoms with Crippen LogP contribution in [0.2, 0.25) is 0 Å². The van der Waals surface area contributed by atoms with Gasteiger partial charge in [-0.2, -0.15) is 8.78 Å². The van der Waals surface area contributed by atoms with Gasteiger partial charge in [0.25, 0.3) is 0 Å². The number of carboxylic acid groups (broad SMARTS) is 1. The molecule has 11 heavy (non-hydrogen) atoms. The molecular formula is C5H8ClF2NO2. The highest BCUT2D eigenvalue weighted by molar-refractivity contribution is 6.21. The van der Waals surface area contributed by atoms with Crippen molar-refractivity contribution in [3.63, 3.8) is 0 Å². The molecule has 3 N–H and O–H groups in total. The van der Waals surface area contributed by atoms with Crippen molar-refractivity contribution in [2.24, 2.45) is 5.73 Å². The monoisotopic (exact) mass is 187 g/mol. The maximum Gasteiger partial charge on any atom is 0.321 e. The molecule has 0 spiro atoms. The van der Waals surface area contributed by atoms with Gasteiger partial charge in [-0.05, 0) is 18.0 Å². The van der Waals surface area contributed by atoms with E-state index < -0.39 is 23.8 Å². The van der Waals surface area contributed by atoms with Crippen LogP contribution >= 0.6 is 11.6 Å². The van der Waals surface area contributed by atoms with Gasteiger partial charge in [-0.1, -0.05) is 0 Å². The molecule has 0 aromatic carbocycles. The zero-order chi connectivity index (χ0) is 9.07. The summed E-state index contributed by atoms with van der Waals surface area (Å²) < 4.78 is 23.7. The van der Waals surface area contributed by atoms with Crippen molar-refractivity contribution in [1.82, 2.24) is 0 Å². The van der Waals surface area contributed by atoms with Gasteiger partial charge in [0.2, 0.25) is 0 Å². The van der Waals surface area contributed by atoms with Crippen LogP contribution in [-0.4, -0.2) is 22.5 Å². The van der Waals surface area contributed by atoms with Crippen LogP contribution in [0.1, 0.15) is 12.8 Å². The Balaban J connectivity index is 3.63. The summed E-state index contributed by atoms with van der Waals surface area (Å²) in [6, 6.07) is -1.26. The van der Waals surface area contributed by atoms with Crippen LogP contribution in [0.5, 0.6) is 0 Å². The van der Waals surface area contributed by atoms with Gasteiger partial charge in [0.1, 0.15) is 6.04 Å². The molecule has 1 unspecified atom stereocenters. The summed E-state index contributed by atoms with van der Waals surface area (Å²) in [4.78, 5) is 10.0. The van der Waals surface area contributed by atoms with Crippen molar-refractivity contribution in [2.75, 3.05) is 0 Å². The summed E-state index contributed by atoms with van der Waals surface area (Å²) in [6.07, 6.45) is -1.05. The predicted molar refractivity (Wildman–Crippen MR) is 35.6 cm³/mol. The molecule has 1 atom stereocenters. The lowest BCUT2D eigenvalue weighted by Gasteiger charge is -2.09. The van der Waals surface area contributed by atoms with Gasteiger partial charge in [0, 0.05) is 6.42 Å². The van der Waals surface area contributed by atoms with E-state index in [0.717, 1.165) is 0 Å². The van der Waals surface area contributed by atoms with E-state index in [-0.39, 0.29) is 6.42 Å². The van der Waals surface area contributed by atoms with Crippen LogP contribution in [0.4, 0.5) is 8.78 Å². The Morgan fingerprint density at radius 2 is 2.18 bits per heavy atom. The highest BCUT2D eigenvalue weighted by Gasteiger charge is 2.26. The highest BCUT2D eigenvalue weighted by Crippen LogP contribution is 2.25. The molecule has 0 amide bonds. The van der Waals surface area contributed by atoms with Crippen molar-refractivity contribution in [3.05, 3.63) is 0 Å². The Hall–Kier alpha value is -0.420. The number of aliphatic carboxylic acids is 1. The van der Waals surface area contributed by atoms with Crippen LogP contribution < -0.4 is 5.73 Å². The molecule has 0 aliphatic rings. The van der Waals surface area contributed by atoms with Gasteiger partial charge in [-0.15, -0.1) is 0 Å². The number of carboxylic acids is 1. The van der Waals surface area contributed by atoms with Gasteiger partial charge in [0.15, 0.2) is 0 Å². The van der Waals surface area contributed by atoms with Crippen molar-refractivity contribution < 1.29 is 18.7 Å². The second kappa shape index (κ2) is 3.82. The summed E-state index contributed by atoms with van der Waals surface area (Å²) >= 11 is 4.50. The minimum atomic E-state index is -3.35. The van der Waals surface area contributed by atoms with E-state index in [0.29, 0.717) is 0 Å². The molecule has 0 aliphatic heterocycles. The number of hydrogen-bond donors (Lipinski definition) is 2. The third-order valence-electron chi connectivity index (χ3n) is 1.06. The van der Waals surface area contributed by atoms with Gasteiger partial charge in [-0.3, -0.25) is 4.79 Å². The first-order valence-corrected chi connectivity index (χ1v) is 3.26. The first-order valence-electron chi connectivity index (χ1n) is 2.88. The topological polar surface area (TPSA) is 63.3 Å². The highest BCUT2D eigenvalue weighted by atomic mass is 35.5. The summed E-state index contributed by atoms with van der Waals surface area (Å²) in [5, 5.41) is 4.81. The summed E-state index contributed by atoms with van der Waals surface area (Å²) in [5.74, 6) is -1.30. The second-order valence-corrected chi connectivity index (χ2v) is 2.65. The van der Waals surface area contributed by atoms with Gasteiger partial charge in [0.05, 0.1) is 0 Å². The molecule has 0 aromatic rings. The number of halogens is 3. The van der Waals surface area contributed by atoms with Gasteiger partial charge < -0.3 is 10.8 Å². The van der Waals surface area contributed by atoms with E-state index in [1.54, 1.807) is 0 Å². The lowest BCUT2D eigenvalue weighted by molar-refractivity contribution is -0.138. The van der Waals surface area contributed by atoms with Gasteiger partial charge in [-0.25, -0.2) is 0 Å². The molecular weight excluding hydrogens is 180 g/mol. The number of nitrogens with two attached hydrogens (primary N) is 1. The third kappa shape index (κ3) is 6.00. The first-order chi connectivity index (χ1) is 4.83. The quantitative estimate of drug-likeness (QED) is 0.646. The Morgan fingerprint density at radius 1 is 1.73 bits per heavy atom. The summed E-state index contributed by atoms with van der Waals surface area (Å²) in [5.41, 5.74) is 4.93. The van der Waals surface area contributed by atoms with Gasteiger partial charge >= 0.3 is 11.4 Å². The zero-order valence-electron chi connectivity index (χ0n) is 5.56. The zero-order valence-corrected chi connectivity index (χ0v) is 6.31. The van der Waals surface area contributed by atoms with E-state index in [4.69, 9.17) is 10.8 Å². The lowest BCUT2D eigenvalue weighted by Crippen LogP contribution is -2.31. The van der Waals surface area contributed by atoms with Crippen LogP contribution in [-0.2, 0) is 4.79 Å². The predicted octanol–water partition coefficient (Wildman–Crippen LogP) is 1.01. The molecule has 66 valence electrons. The molecule has 0 rings (SSSR count). The summed E-state index contributed by atoms with van der Waals surface area (Å²) in [7, 11) is 0. The first kappa shape index (κ1) is 10.6. The number of alkyl halides is 3. The van der Waals surface area contributed by atoms with Crippen molar-refractivity contribution in [2.45, 2.75) is 24.3 Å². The molecule has 0 aliphatic carbocycles. The molecule has 0 radical (unpaired) electrons. The summed E-state index contributed by atoms with van der Waals surface area (Å²) in [6.45, 7) is 0. The minimum Gasteiger partial charge on any atom is -0.480 e. The number of hydrogen-bond acceptors (Lipinski definition) is 2. The Kier molecular flexibility index (Phi) is 3.68. The van der Waals surface area contributed by atoms with E-state index in [9.17, 15) is 13.6 Å². The standard InChI is InChI=1S/C5H8ClF2NO2/c6-5(7,8)2-1-3(9)4(10)11/h3H,1-2,9H2,(H,10,11). The van der Waals surface area contributed by atoms with E-state index in [1.807, 2.05) is 0 Å². The van der Waals surface area contributed by atoms with Crippen molar-refractivity contribution >= 4 is 17.6 Å². The number of rotatable bonds is 4. The average molecular weight is 188 g/mol. The molecule has 6 heteroatoms. The Bertz CT molecular complexity index is 148. The van der Waals surface area contributed by atoms with Crippen LogP contribution in [0.15, 0.2) is 0 Å². The largest absolute Gasteiger partial charge is 0.480 e. The Morgan fingerprint density at radius 3 is 2.45 bits per heavy atom.